The number of nitrogens with zero attached hydrogens (tertiary/aromatic N) is 1. The highest BCUT2D eigenvalue weighted by atomic mass is 16.2. The van der Waals surface area contributed by atoms with Gasteiger partial charge < -0.3 is 21.4 Å². The molecule has 1 rings (SSSR count). The molecule has 1 atom stereocenters. The molecule has 88 valence electrons. The van der Waals surface area contributed by atoms with Crippen LogP contribution in [0.5, 0.6) is 0 Å². The normalized spacial score (nSPS) is 12.1. The predicted molar refractivity (Wildman–Crippen MR) is 60.6 cm³/mol. The summed E-state index contributed by atoms with van der Waals surface area (Å²) < 4.78 is 1.71. The topological polar surface area (TPSA) is 103 Å². The first kappa shape index (κ1) is 12.1. The minimum absolute atomic E-state index is 0.357. The van der Waals surface area contributed by atoms with Crippen molar-refractivity contribution < 1.29 is 9.59 Å². The molecule has 6 heteroatoms. The van der Waals surface area contributed by atoms with E-state index in [-0.39, 0.29) is 5.91 Å². The van der Waals surface area contributed by atoms with Gasteiger partial charge >= 0.3 is 0 Å². The molecule has 1 unspecified atom stereocenters. The summed E-state index contributed by atoms with van der Waals surface area (Å²) in [4.78, 5) is 22.6. The van der Waals surface area contributed by atoms with Crippen molar-refractivity contribution in [3.05, 3.63) is 18.0 Å². The van der Waals surface area contributed by atoms with Crippen LogP contribution in [0.15, 0.2) is 12.3 Å². The highest BCUT2D eigenvalue weighted by Crippen LogP contribution is 2.10. The number of aryl methyl sites for hydroxylation is 1. The molecule has 0 radical (unpaired) electrons. The highest BCUT2D eigenvalue weighted by Gasteiger charge is 2.16. The molecular weight excluding hydrogens is 208 g/mol. The molecule has 2 amide bonds. The molecule has 1 heterocycles. The van der Waals surface area contributed by atoms with Gasteiger partial charge in [-0.3, -0.25) is 9.59 Å². The number of carbonyl (C=O) groups is 2. The Morgan fingerprint density at radius 3 is 2.69 bits per heavy atom. The minimum Gasteiger partial charge on any atom is -0.397 e. The van der Waals surface area contributed by atoms with Crippen LogP contribution in [-0.2, 0) is 11.3 Å². The summed E-state index contributed by atoms with van der Waals surface area (Å²) in [5, 5.41) is 2.49. The first-order chi connectivity index (χ1) is 7.45. The van der Waals surface area contributed by atoms with Crippen LogP contribution in [0.25, 0.3) is 0 Å². The molecule has 0 aliphatic heterocycles. The molecule has 16 heavy (non-hydrogen) atoms. The molecule has 0 aliphatic rings. The molecule has 0 saturated heterocycles. The molecule has 0 spiro atoms. The average Bonchev–Trinajstić information content (AvgIpc) is 2.59. The lowest BCUT2D eigenvalue weighted by atomic mass is 10.3. The number of amides is 2. The van der Waals surface area contributed by atoms with Gasteiger partial charge in [0.25, 0.3) is 5.91 Å². The van der Waals surface area contributed by atoms with Gasteiger partial charge in [-0.05, 0) is 19.9 Å². The monoisotopic (exact) mass is 224 g/mol. The first-order valence-corrected chi connectivity index (χ1v) is 5.01. The number of rotatable bonds is 4. The summed E-state index contributed by atoms with van der Waals surface area (Å²) in [6.45, 7) is 4.06. The SMILES string of the molecule is CCn1cc(N)cc1C(=O)NC(C)C(N)=O. The van der Waals surface area contributed by atoms with Gasteiger partial charge in [-0.1, -0.05) is 0 Å². The third-order valence-electron chi connectivity index (χ3n) is 2.27. The van der Waals surface area contributed by atoms with Gasteiger partial charge in [0.1, 0.15) is 11.7 Å². The average molecular weight is 224 g/mol. The minimum atomic E-state index is -0.700. The second-order valence-corrected chi connectivity index (χ2v) is 3.54. The molecule has 0 fully saturated rings. The van der Waals surface area contributed by atoms with E-state index in [2.05, 4.69) is 5.32 Å². The van der Waals surface area contributed by atoms with E-state index >= 15 is 0 Å². The zero-order chi connectivity index (χ0) is 12.3. The van der Waals surface area contributed by atoms with E-state index in [0.29, 0.717) is 17.9 Å². The smallest absolute Gasteiger partial charge is 0.268 e. The number of hydrogen-bond donors (Lipinski definition) is 3. The number of primary amides is 1. The molecule has 5 N–H and O–H groups in total. The lowest BCUT2D eigenvalue weighted by molar-refractivity contribution is -0.119. The van der Waals surface area contributed by atoms with E-state index in [1.165, 1.54) is 6.92 Å². The van der Waals surface area contributed by atoms with Crippen LogP contribution in [0.4, 0.5) is 5.69 Å². The first-order valence-electron chi connectivity index (χ1n) is 5.01. The van der Waals surface area contributed by atoms with Crippen molar-refractivity contribution in [1.29, 1.82) is 0 Å². The number of nitrogen functional groups attached to an aromatic ring is 1. The van der Waals surface area contributed by atoms with E-state index < -0.39 is 11.9 Å². The second-order valence-electron chi connectivity index (χ2n) is 3.54. The Balaban J connectivity index is 2.84. The molecule has 0 saturated carbocycles. The maximum Gasteiger partial charge on any atom is 0.268 e. The van der Waals surface area contributed by atoms with E-state index in [4.69, 9.17) is 11.5 Å². The maximum absolute atomic E-state index is 11.8. The third kappa shape index (κ3) is 2.53. The molecule has 1 aromatic rings. The number of aromatic nitrogens is 1. The number of anilines is 1. The van der Waals surface area contributed by atoms with Crippen molar-refractivity contribution in [1.82, 2.24) is 9.88 Å². The Hall–Kier alpha value is -1.98. The van der Waals surface area contributed by atoms with Crippen LogP contribution in [0, 0.1) is 0 Å². The fraction of sp³-hybridized carbons (Fsp3) is 0.400. The van der Waals surface area contributed by atoms with E-state index in [1.807, 2.05) is 6.92 Å². The molecular formula is C10H16N4O2. The number of nitrogens with one attached hydrogen (secondary N) is 1. The highest BCUT2D eigenvalue weighted by molar-refractivity contribution is 5.96. The Bertz CT molecular complexity index is 411. The molecule has 0 aromatic carbocycles. The molecule has 0 aliphatic carbocycles. The summed E-state index contributed by atoms with van der Waals surface area (Å²) >= 11 is 0. The zero-order valence-electron chi connectivity index (χ0n) is 9.36. The Morgan fingerprint density at radius 1 is 1.56 bits per heavy atom. The van der Waals surface area contributed by atoms with Crippen LogP contribution in [0.2, 0.25) is 0 Å². The van der Waals surface area contributed by atoms with Gasteiger partial charge in [-0.15, -0.1) is 0 Å². The second kappa shape index (κ2) is 4.69. The molecule has 0 bridgehead atoms. The number of hydrogen-bond acceptors (Lipinski definition) is 3. The molecule has 1 aromatic heterocycles. The van der Waals surface area contributed by atoms with Crippen LogP contribution in [-0.4, -0.2) is 22.4 Å². The van der Waals surface area contributed by atoms with E-state index in [1.54, 1.807) is 16.8 Å². The van der Waals surface area contributed by atoms with Gasteiger partial charge in [-0.2, -0.15) is 0 Å². The number of nitrogens with two attached hydrogens (primary N) is 2. The van der Waals surface area contributed by atoms with Crippen molar-refractivity contribution >= 4 is 17.5 Å². The van der Waals surface area contributed by atoms with Gasteiger partial charge in [0.2, 0.25) is 5.91 Å². The van der Waals surface area contributed by atoms with Crippen molar-refractivity contribution in [2.75, 3.05) is 5.73 Å². The molecule has 6 nitrogen and oxygen atoms in total. The Morgan fingerprint density at radius 2 is 2.19 bits per heavy atom. The third-order valence-corrected chi connectivity index (χ3v) is 2.27. The van der Waals surface area contributed by atoms with Crippen LogP contribution in [0.1, 0.15) is 24.3 Å². The maximum atomic E-state index is 11.8. The van der Waals surface area contributed by atoms with E-state index in [9.17, 15) is 9.59 Å². The quantitative estimate of drug-likeness (QED) is 0.653. The fourth-order valence-electron chi connectivity index (χ4n) is 1.33. The zero-order valence-corrected chi connectivity index (χ0v) is 9.36. The number of carbonyl (C=O) groups excluding carboxylic acids is 2. The van der Waals surface area contributed by atoms with Crippen molar-refractivity contribution in [2.45, 2.75) is 26.4 Å². The fourth-order valence-corrected chi connectivity index (χ4v) is 1.33. The van der Waals surface area contributed by atoms with Crippen LogP contribution >= 0.6 is 0 Å². The van der Waals surface area contributed by atoms with E-state index in [0.717, 1.165) is 0 Å². The van der Waals surface area contributed by atoms with Crippen molar-refractivity contribution in [2.24, 2.45) is 5.73 Å². The lowest BCUT2D eigenvalue weighted by Crippen LogP contribution is -2.42. The van der Waals surface area contributed by atoms with Crippen molar-refractivity contribution in [3.8, 4) is 0 Å². The van der Waals surface area contributed by atoms with Gasteiger partial charge in [0.05, 0.1) is 5.69 Å². The summed E-state index contributed by atoms with van der Waals surface area (Å²) in [6, 6.07) is 0.862. The standard InChI is InChI=1S/C10H16N4O2/c1-3-14-5-7(11)4-8(14)10(16)13-6(2)9(12)15/h4-6H,3,11H2,1-2H3,(H2,12,15)(H,13,16). The lowest BCUT2D eigenvalue weighted by Gasteiger charge is -2.11. The summed E-state index contributed by atoms with van der Waals surface area (Å²) in [7, 11) is 0. The Labute approximate surface area is 93.6 Å². The van der Waals surface area contributed by atoms with Gasteiger partial charge in [0, 0.05) is 12.7 Å². The van der Waals surface area contributed by atoms with Gasteiger partial charge in [0.15, 0.2) is 0 Å². The van der Waals surface area contributed by atoms with Crippen LogP contribution < -0.4 is 16.8 Å². The van der Waals surface area contributed by atoms with Gasteiger partial charge in [-0.25, -0.2) is 0 Å². The van der Waals surface area contributed by atoms with Crippen molar-refractivity contribution in [3.63, 3.8) is 0 Å². The predicted octanol–water partition coefficient (Wildman–Crippen LogP) is -0.306. The van der Waals surface area contributed by atoms with Crippen LogP contribution in [0.3, 0.4) is 0 Å². The summed E-state index contributed by atoms with van der Waals surface area (Å²) in [5.74, 6) is -0.930. The summed E-state index contributed by atoms with van der Waals surface area (Å²) in [5.41, 5.74) is 11.6. The summed E-state index contributed by atoms with van der Waals surface area (Å²) in [6.07, 6.45) is 1.67. The Kier molecular flexibility index (Phi) is 3.55. The largest absolute Gasteiger partial charge is 0.397 e.